The lowest BCUT2D eigenvalue weighted by atomic mass is 10.0. The summed E-state index contributed by atoms with van der Waals surface area (Å²) in [5.74, 6) is 0.00979. The lowest BCUT2D eigenvalue weighted by Gasteiger charge is -2.28. The molecule has 1 aromatic carbocycles. The van der Waals surface area contributed by atoms with Gasteiger partial charge in [-0.05, 0) is 29.5 Å². The highest BCUT2D eigenvalue weighted by atomic mass is 32.2. The van der Waals surface area contributed by atoms with E-state index < -0.39 is 10.0 Å². The minimum Gasteiger partial charge on any atom is -0.381 e. The van der Waals surface area contributed by atoms with Crippen LogP contribution in [0, 0.1) is 5.92 Å². The third-order valence-corrected chi connectivity index (χ3v) is 6.48. The van der Waals surface area contributed by atoms with Gasteiger partial charge in [0.2, 0.25) is 10.0 Å². The smallest absolute Gasteiger partial charge is 0.215 e. The van der Waals surface area contributed by atoms with Gasteiger partial charge in [-0.15, -0.1) is 0 Å². The second-order valence-electron chi connectivity index (χ2n) is 6.22. The van der Waals surface area contributed by atoms with Gasteiger partial charge in [0.1, 0.15) is 0 Å². The molecule has 24 heavy (non-hydrogen) atoms. The monoisotopic (exact) mass is 349 g/mol. The zero-order valence-electron chi connectivity index (χ0n) is 13.8. The molecule has 3 rings (SSSR count). The highest BCUT2D eigenvalue weighted by Gasteiger charge is 2.33. The first kappa shape index (κ1) is 17.1. The standard InChI is InChI=1S/C17H23N3O3S/c1-14-13-23-10-7-17(14)24(21,22)19-11-15-5-2-3-6-16(15)12-20-9-4-8-18-20/h2-6,8-9,14,17,19H,7,10-13H2,1H3. The van der Waals surface area contributed by atoms with Crippen molar-refractivity contribution >= 4 is 10.0 Å². The Morgan fingerprint density at radius 1 is 1.29 bits per heavy atom. The number of hydrogen-bond donors (Lipinski definition) is 1. The fraction of sp³-hybridized carbons (Fsp3) is 0.471. The minimum atomic E-state index is -3.36. The van der Waals surface area contributed by atoms with E-state index in [0.717, 1.165) is 11.1 Å². The van der Waals surface area contributed by atoms with E-state index in [1.54, 1.807) is 6.20 Å². The van der Waals surface area contributed by atoms with Gasteiger partial charge in [0.05, 0.1) is 18.4 Å². The lowest BCUT2D eigenvalue weighted by molar-refractivity contribution is 0.0635. The van der Waals surface area contributed by atoms with E-state index in [2.05, 4.69) is 9.82 Å². The molecule has 0 bridgehead atoms. The second-order valence-corrected chi connectivity index (χ2v) is 8.20. The summed E-state index contributed by atoms with van der Waals surface area (Å²) in [6, 6.07) is 9.71. The molecule has 2 heterocycles. The van der Waals surface area contributed by atoms with Crippen LogP contribution >= 0.6 is 0 Å². The summed E-state index contributed by atoms with van der Waals surface area (Å²) in [7, 11) is -3.36. The summed E-state index contributed by atoms with van der Waals surface area (Å²) in [5.41, 5.74) is 2.03. The van der Waals surface area contributed by atoms with Gasteiger partial charge in [-0.25, -0.2) is 13.1 Å². The third kappa shape index (κ3) is 4.03. The van der Waals surface area contributed by atoms with Crippen LogP contribution in [0.2, 0.25) is 0 Å². The number of nitrogens with one attached hydrogen (secondary N) is 1. The molecule has 130 valence electrons. The summed E-state index contributed by atoms with van der Waals surface area (Å²) >= 11 is 0. The number of nitrogens with zero attached hydrogens (tertiary/aromatic N) is 2. The summed E-state index contributed by atoms with van der Waals surface area (Å²) in [6.45, 7) is 3.85. The van der Waals surface area contributed by atoms with Crippen molar-refractivity contribution in [2.24, 2.45) is 5.92 Å². The van der Waals surface area contributed by atoms with E-state index in [4.69, 9.17) is 4.74 Å². The van der Waals surface area contributed by atoms with E-state index >= 15 is 0 Å². The van der Waals surface area contributed by atoms with Crippen LogP contribution < -0.4 is 4.72 Å². The predicted octanol–water partition coefficient (Wildman–Crippen LogP) is 1.78. The number of hydrogen-bond acceptors (Lipinski definition) is 4. The topological polar surface area (TPSA) is 73.2 Å². The Labute approximate surface area is 142 Å². The molecule has 6 nitrogen and oxygen atoms in total. The first-order valence-electron chi connectivity index (χ1n) is 8.16. The summed E-state index contributed by atoms with van der Waals surface area (Å²) in [6.07, 6.45) is 4.17. The average molecular weight is 349 g/mol. The molecular formula is C17H23N3O3S. The Bertz CT molecular complexity index is 759. The maximum atomic E-state index is 12.6. The molecule has 1 aromatic heterocycles. The van der Waals surface area contributed by atoms with Crippen LogP contribution in [0.1, 0.15) is 24.5 Å². The van der Waals surface area contributed by atoms with Crippen LogP contribution in [0.25, 0.3) is 0 Å². The summed E-state index contributed by atoms with van der Waals surface area (Å²) in [5, 5.41) is 3.82. The number of rotatable bonds is 6. The quantitative estimate of drug-likeness (QED) is 0.863. The predicted molar refractivity (Wildman–Crippen MR) is 91.9 cm³/mol. The maximum absolute atomic E-state index is 12.6. The molecule has 2 atom stereocenters. The third-order valence-electron chi connectivity index (χ3n) is 4.43. The summed E-state index contributed by atoms with van der Waals surface area (Å²) in [4.78, 5) is 0. The molecule has 0 spiro atoms. The zero-order valence-corrected chi connectivity index (χ0v) is 14.6. The fourth-order valence-electron chi connectivity index (χ4n) is 3.06. The van der Waals surface area contributed by atoms with Crippen molar-refractivity contribution in [3.63, 3.8) is 0 Å². The van der Waals surface area contributed by atoms with E-state index in [9.17, 15) is 8.42 Å². The SMILES string of the molecule is CC1COCCC1S(=O)(=O)NCc1ccccc1Cn1cccn1. The van der Waals surface area contributed by atoms with Gasteiger partial charge < -0.3 is 4.74 Å². The van der Waals surface area contributed by atoms with E-state index in [1.165, 1.54) is 0 Å². The molecule has 1 N–H and O–H groups in total. The number of benzene rings is 1. The Morgan fingerprint density at radius 2 is 2.08 bits per heavy atom. The molecule has 0 radical (unpaired) electrons. The molecule has 1 saturated heterocycles. The van der Waals surface area contributed by atoms with Crippen molar-refractivity contribution in [1.82, 2.24) is 14.5 Å². The highest BCUT2D eigenvalue weighted by Crippen LogP contribution is 2.21. The molecule has 1 aliphatic rings. The molecule has 2 aromatic rings. The van der Waals surface area contributed by atoms with Crippen LogP contribution in [0.3, 0.4) is 0 Å². The van der Waals surface area contributed by atoms with Gasteiger partial charge in [-0.3, -0.25) is 4.68 Å². The van der Waals surface area contributed by atoms with E-state index in [-0.39, 0.29) is 11.2 Å². The van der Waals surface area contributed by atoms with Crippen molar-refractivity contribution in [1.29, 1.82) is 0 Å². The van der Waals surface area contributed by atoms with Gasteiger partial charge in [-0.2, -0.15) is 5.10 Å². The Morgan fingerprint density at radius 3 is 2.79 bits per heavy atom. The van der Waals surface area contributed by atoms with Gasteiger partial charge in [0.15, 0.2) is 0 Å². The minimum absolute atomic E-state index is 0.00979. The van der Waals surface area contributed by atoms with Crippen LogP contribution in [0.5, 0.6) is 0 Å². The van der Waals surface area contributed by atoms with Crippen LogP contribution in [0.15, 0.2) is 42.7 Å². The van der Waals surface area contributed by atoms with Gasteiger partial charge in [0, 0.05) is 25.5 Å². The zero-order chi connectivity index (χ0) is 17.0. The Balaban J connectivity index is 1.70. The largest absolute Gasteiger partial charge is 0.381 e. The normalized spacial score (nSPS) is 21.7. The van der Waals surface area contributed by atoms with Gasteiger partial charge in [-0.1, -0.05) is 31.2 Å². The van der Waals surface area contributed by atoms with Crippen molar-refractivity contribution < 1.29 is 13.2 Å². The lowest BCUT2D eigenvalue weighted by Crippen LogP contribution is -2.42. The van der Waals surface area contributed by atoms with Crippen molar-refractivity contribution in [3.05, 3.63) is 53.9 Å². The van der Waals surface area contributed by atoms with Crippen LogP contribution in [-0.4, -0.2) is 36.7 Å². The molecule has 1 fully saturated rings. The molecule has 0 amide bonds. The summed E-state index contributed by atoms with van der Waals surface area (Å²) < 4.78 is 35.2. The molecule has 0 aliphatic carbocycles. The van der Waals surface area contributed by atoms with Gasteiger partial charge >= 0.3 is 0 Å². The van der Waals surface area contributed by atoms with Crippen LogP contribution in [0.4, 0.5) is 0 Å². The number of sulfonamides is 1. The van der Waals surface area contributed by atoms with Crippen LogP contribution in [-0.2, 0) is 27.8 Å². The van der Waals surface area contributed by atoms with Crippen molar-refractivity contribution in [3.8, 4) is 0 Å². The van der Waals surface area contributed by atoms with Crippen molar-refractivity contribution in [2.45, 2.75) is 31.7 Å². The molecule has 2 unspecified atom stereocenters. The molecule has 7 heteroatoms. The van der Waals surface area contributed by atoms with Gasteiger partial charge in [0.25, 0.3) is 0 Å². The van der Waals surface area contributed by atoms with Crippen molar-refractivity contribution in [2.75, 3.05) is 13.2 Å². The second kappa shape index (κ2) is 7.46. The number of ether oxygens (including phenoxy) is 1. The van der Waals surface area contributed by atoms with E-state index in [0.29, 0.717) is 32.7 Å². The molecule has 0 saturated carbocycles. The first-order valence-corrected chi connectivity index (χ1v) is 9.71. The maximum Gasteiger partial charge on any atom is 0.215 e. The van der Waals surface area contributed by atoms with E-state index in [1.807, 2.05) is 48.1 Å². The first-order chi connectivity index (χ1) is 11.6. The Hall–Kier alpha value is -1.70. The molecular weight excluding hydrogens is 326 g/mol. The molecule has 1 aliphatic heterocycles. The fourth-order valence-corrected chi connectivity index (χ4v) is 4.73. The Kier molecular flexibility index (Phi) is 5.33. The highest BCUT2D eigenvalue weighted by molar-refractivity contribution is 7.90. The average Bonchev–Trinajstić information content (AvgIpc) is 3.07. The number of aromatic nitrogens is 2.